The van der Waals surface area contributed by atoms with Crippen LogP contribution in [0.4, 0.5) is 0 Å². The molecule has 0 radical (unpaired) electrons. The summed E-state index contributed by atoms with van der Waals surface area (Å²) in [6.07, 6.45) is 7.86. The van der Waals surface area contributed by atoms with Gasteiger partial charge in [0.25, 0.3) is 5.91 Å². The van der Waals surface area contributed by atoms with E-state index in [0.29, 0.717) is 18.3 Å². The maximum atomic E-state index is 13.1. The number of aryl methyl sites for hydroxylation is 1. The molecule has 2 aliphatic carbocycles. The van der Waals surface area contributed by atoms with Crippen LogP contribution in [0, 0.1) is 0 Å². The van der Waals surface area contributed by atoms with Crippen molar-refractivity contribution in [2.45, 2.75) is 57.5 Å². The van der Waals surface area contributed by atoms with E-state index in [1.54, 1.807) is 13.2 Å². The Balaban J connectivity index is 1.48. The highest BCUT2D eigenvalue weighted by Gasteiger charge is 2.30. The molecule has 150 valence electrons. The fourth-order valence-corrected chi connectivity index (χ4v) is 4.54. The lowest BCUT2D eigenvalue weighted by molar-refractivity contribution is -0.136. The van der Waals surface area contributed by atoms with E-state index < -0.39 is 0 Å². The second-order valence-electron chi connectivity index (χ2n) is 7.78. The Hall–Kier alpha value is -2.50. The van der Waals surface area contributed by atoms with Crippen LogP contribution >= 0.6 is 0 Å². The number of hydrogen-bond acceptors (Lipinski definition) is 4. The summed E-state index contributed by atoms with van der Waals surface area (Å²) in [5.74, 6) is 1.41. The quantitative estimate of drug-likeness (QED) is 0.736. The lowest BCUT2D eigenvalue weighted by Gasteiger charge is -2.28. The molecule has 6 nitrogen and oxygen atoms in total. The van der Waals surface area contributed by atoms with Crippen molar-refractivity contribution >= 4 is 5.91 Å². The predicted molar refractivity (Wildman–Crippen MR) is 107 cm³/mol. The summed E-state index contributed by atoms with van der Waals surface area (Å²) in [5, 5.41) is 4.73. The van der Waals surface area contributed by atoms with Crippen LogP contribution in [0.5, 0.6) is 11.5 Å². The third kappa shape index (κ3) is 3.86. The Morgan fingerprint density at radius 2 is 2.00 bits per heavy atom. The van der Waals surface area contributed by atoms with Crippen LogP contribution < -0.4 is 9.47 Å². The first-order chi connectivity index (χ1) is 13.7. The smallest absolute Gasteiger partial charge is 0.261 e. The van der Waals surface area contributed by atoms with Gasteiger partial charge in [-0.25, -0.2) is 0 Å². The molecule has 1 amide bonds. The molecule has 0 saturated heterocycles. The Bertz CT molecular complexity index is 840. The van der Waals surface area contributed by atoms with Gasteiger partial charge in [-0.1, -0.05) is 18.9 Å². The van der Waals surface area contributed by atoms with Gasteiger partial charge in [-0.05, 0) is 49.8 Å². The average Bonchev–Trinajstić information content (AvgIpc) is 3.45. The van der Waals surface area contributed by atoms with Crippen LogP contribution in [0.25, 0.3) is 0 Å². The van der Waals surface area contributed by atoms with Crippen molar-refractivity contribution in [3.05, 3.63) is 41.2 Å². The molecule has 4 rings (SSSR count). The van der Waals surface area contributed by atoms with Gasteiger partial charge in [0.05, 0.1) is 19.3 Å². The highest BCUT2D eigenvalue weighted by atomic mass is 16.5. The SMILES string of the molecule is COc1cccc(OCC(=O)N(Cc2nn(C)c3c2CCC3)C2CCCC2)c1. The number of carbonyl (C=O) groups is 1. The van der Waals surface area contributed by atoms with E-state index in [-0.39, 0.29) is 12.5 Å². The van der Waals surface area contributed by atoms with E-state index in [1.807, 2.05) is 34.8 Å². The number of methoxy groups -OCH3 is 1. The number of ether oxygens (including phenoxy) is 2. The summed E-state index contributed by atoms with van der Waals surface area (Å²) in [5.41, 5.74) is 3.75. The van der Waals surface area contributed by atoms with Crippen molar-refractivity contribution in [3.8, 4) is 11.5 Å². The molecule has 0 unspecified atom stereocenters. The van der Waals surface area contributed by atoms with Gasteiger partial charge in [-0.15, -0.1) is 0 Å². The summed E-state index contributed by atoms with van der Waals surface area (Å²) >= 11 is 0. The van der Waals surface area contributed by atoms with E-state index in [0.717, 1.165) is 37.1 Å². The van der Waals surface area contributed by atoms with Crippen LogP contribution in [0.2, 0.25) is 0 Å². The molecule has 0 N–H and O–H groups in total. The van der Waals surface area contributed by atoms with Crippen molar-refractivity contribution in [1.82, 2.24) is 14.7 Å². The molecule has 6 heteroatoms. The molecule has 0 aliphatic heterocycles. The van der Waals surface area contributed by atoms with E-state index in [1.165, 1.54) is 30.5 Å². The van der Waals surface area contributed by atoms with Gasteiger partial charge in [0.1, 0.15) is 11.5 Å². The minimum absolute atomic E-state index is 0.0344. The molecule has 2 aliphatic rings. The van der Waals surface area contributed by atoms with Gasteiger partial charge in [0.15, 0.2) is 6.61 Å². The zero-order valence-electron chi connectivity index (χ0n) is 16.8. The number of hydrogen-bond donors (Lipinski definition) is 0. The number of amides is 1. The van der Waals surface area contributed by atoms with E-state index in [2.05, 4.69) is 0 Å². The first-order valence-electron chi connectivity index (χ1n) is 10.3. The largest absolute Gasteiger partial charge is 0.497 e. The first-order valence-corrected chi connectivity index (χ1v) is 10.3. The maximum Gasteiger partial charge on any atom is 0.261 e. The second-order valence-corrected chi connectivity index (χ2v) is 7.78. The van der Waals surface area contributed by atoms with Crippen LogP contribution in [-0.4, -0.2) is 40.3 Å². The number of nitrogens with zero attached hydrogens (tertiary/aromatic N) is 3. The number of aromatic nitrogens is 2. The van der Waals surface area contributed by atoms with Crippen molar-refractivity contribution in [2.24, 2.45) is 7.05 Å². The zero-order valence-corrected chi connectivity index (χ0v) is 16.8. The van der Waals surface area contributed by atoms with Gasteiger partial charge in [0, 0.05) is 24.8 Å². The van der Waals surface area contributed by atoms with E-state index in [9.17, 15) is 4.79 Å². The second kappa shape index (κ2) is 8.25. The number of benzene rings is 1. The van der Waals surface area contributed by atoms with Gasteiger partial charge in [0.2, 0.25) is 0 Å². The molecule has 0 spiro atoms. The molecule has 1 heterocycles. The summed E-state index contributed by atoms with van der Waals surface area (Å²) in [7, 11) is 3.64. The fourth-order valence-electron chi connectivity index (χ4n) is 4.54. The van der Waals surface area contributed by atoms with Crippen molar-refractivity contribution < 1.29 is 14.3 Å². The van der Waals surface area contributed by atoms with Crippen LogP contribution in [-0.2, 0) is 31.2 Å². The van der Waals surface area contributed by atoms with Crippen molar-refractivity contribution in [3.63, 3.8) is 0 Å². The monoisotopic (exact) mass is 383 g/mol. The number of fused-ring (bicyclic) bond motifs is 1. The molecular weight excluding hydrogens is 354 g/mol. The molecular formula is C22H29N3O3. The highest BCUT2D eigenvalue weighted by Crippen LogP contribution is 2.29. The Morgan fingerprint density at radius 3 is 2.79 bits per heavy atom. The minimum Gasteiger partial charge on any atom is -0.497 e. The van der Waals surface area contributed by atoms with Crippen molar-refractivity contribution in [2.75, 3.05) is 13.7 Å². The molecule has 28 heavy (non-hydrogen) atoms. The molecule has 0 atom stereocenters. The fraction of sp³-hybridized carbons (Fsp3) is 0.545. The third-order valence-corrected chi connectivity index (χ3v) is 6.01. The predicted octanol–water partition coefficient (Wildman–Crippen LogP) is 3.27. The van der Waals surface area contributed by atoms with Gasteiger partial charge >= 0.3 is 0 Å². The number of carbonyl (C=O) groups excluding carboxylic acids is 1. The summed E-state index contributed by atoms with van der Waals surface area (Å²) in [6, 6.07) is 7.67. The van der Waals surface area contributed by atoms with Crippen LogP contribution in [0.3, 0.4) is 0 Å². The van der Waals surface area contributed by atoms with Gasteiger partial charge in [-0.2, -0.15) is 5.10 Å². The Morgan fingerprint density at radius 1 is 1.21 bits per heavy atom. The molecule has 2 aromatic rings. The Kier molecular flexibility index (Phi) is 5.55. The average molecular weight is 383 g/mol. The molecule has 1 fully saturated rings. The van der Waals surface area contributed by atoms with Crippen LogP contribution in [0.1, 0.15) is 49.1 Å². The molecule has 1 aromatic heterocycles. The number of rotatable bonds is 7. The normalized spacial score (nSPS) is 16.2. The van der Waals surface area contributed by atoms with Crippen LogP contribution in [0.15, 0.2) is 24.3 Å². The topological polar surface area (TPSA) is 56.6 Å². The van der Waals surface area contributed by atoms with Crippen molar-refractivity contribution in [1.29, 1.82) is 0 Å². The molecule has 1 saturated carbocycles. The third-order valence-electron chi connectivity index (χ3n) is 6.01. The standard InChI is InChI=1S/C22H29N3O3/c1-24-21-12-6-11-19(21)20(23-24)14-25(16-7-3-4-8-16)22(26)15-28-18-10-5-9-17(13-18)27-2/h5,9-10,13,16H,3-4,6-8,11-12,14-15H2,1-2H3. The minimum atomic E-state index is 0.0344. The Labute approximate surface area is 166 Å². The maximum absolute atomic E-state index is 13.1. The van der Waals surface area contributed by atoms with Gasteiger partial charge in [-0.3, -0.25) is 9.48 Å². The van der Waals surface area contributed by atoms with Gasteiger partial charge < -0.3 is 14.4 Å². The first kappa shape index (κ1) is 18.8. The van der Waals surface area contributed by atoms with E-state index in [4.69, 9.17) is 14.6 Å². The summed E-state index contributed by atoms with van der Waals surface area (Å²) in [6.45, 7) is 0.632. The van der Waals surface area contributed by atoms with E-state index >= 15 is 0 Å². The molecule has 0 bridgehead atoms. The summed E-state index contributed by atoms with van der Waals surface area (Å²) < 4.78 is 13.0. The lowest BCUT2D eigenvalue weighted by atomic mass is 10.1. The molecule has 1 aromatic carbocycles. The summed E-state index contributed by atoms with van der Waals surface area (Å²) in [4.78, 5) is 15.1. The zero-order chi connectivity index (χ0) is 19.5. The highest BCUT2D eigenvalue weighted by molar-refractivity contribution is 5.78. The lowest BCUT2D eigenvalue weighted by Crippen LogP contribution is -2.41.